The van der Waals surface area contributed by atoms with E-state index < -0.39 is 69.8 Å². The van der Waals surface area contributed by atoms with Gasteiger partial charge in [-0.15, -0.1) is 0 Å². The van der Waals surface area contributed by atoms with E-state index in [9.17, 15) is 39.4 Å². The molecule has 0 aromatic carbocycles. The summed E-state index contributed by atoms with van der Waals surface area (Å²) in [4.78, 5) is 79.1. The molecule has 2 fully saturated rings. The van der Waals surface area contributed by atoms with Gasteiger partial charge in [0.15, 0.2) is 0 Å². The molecule has 4 aliphatic heterocycles. The summed E-state index contributed by atoms with van der Waals surface area (Å²) in [5.74, 6) is -3.21. The molecule has 3 aromatic rings. The number of aliphatic hydroxyl groups is 1. The summed E-state index contributed by atoms with van der Waals surface area (Å²) in [7, 11) is -10.5. The molecule has 7 heterocycles. The molecular formula is C20H25N9O13P2S. The number of hydrogen-bond donors (Lipinski definition) is 11. The number of fused-ring (bicyclic) bond motifs is 5. The molecule has 3 atom stereocenters. The fourth-order valence-corrected chi connectivity index (χ4v) is 7.82. The average molecular weight is 693 g/mol. The topological polar surface area (TPSA) is 317 Å². The number of aliphatic hydroxyl groups excluding tert-OH is 1. The second kappa shape index (κ2) is 10.7. The van der Waals surface area contributed by atoms with Crippen LogP contribution in [0.3, 0.4) is 0 Å². The van der Waals surface area contributed by atoms with E-state index in [1.165, 1.54) is 9.47 Å². The Morgan fingerprint density at radius 1 is 1.13 bits per heavy atom. The number of hydrogen-bond acceptors (Lipinski definition) is 20. The van der Waals surface area contributed by atoms with Gasteiger partial charge in [0.05, 0.1) is 0 Å². The Labute approximate surface area is 254 Å². The molecule has 45 heavy (non-hydrogen) atoms. The predicted octanol–water partition coefficient (Wildman–Crippen LogP) is -2.75. The van der Waals surface area contributed by atoms with Crippen molar-refractivity contribution < 1.29 is 57.1 Å². The van der Waals surface area contributed by atoms with Crippen molar-refractivity contribution in [2.45, 2.75) is 24.9 Å². The molecular weight excluding hydrogens is 668 g/mol. The number of aromatic amines is 1. The summed E-state index contributed by atoms with van der Waals surface area (Å²) >= 11 is 0.698. The molecule has 0 saturated carbocycles. The zero-order valence-corrected chi connectivity index (χ0v) is 25.1. The predicted molar refractivity (Wildman–Crippen MR) is 155 cm³/mol. The number of anilines is 2. The summed E-state index contributed by atoms with van der Waals surface area (Å²) in [6.07, 6.45) is -0.604. The first-order valence-corrected chi connectivity index (χ1v) is 17.0. The zero-order valence-electron chi connectivity index (χ0n) is 22.3. The van der Waals surface area contributed by atoms with Crippen molar-refractivity contribution in [3.8, 4) is 11.5 Å². The molecule has 244 valence electrons. The van der Waals surface area contributed by atoms with Crippen LogP contribution in [-0.2, 0) is 25.0 Å². The first-order valence-electron chi connectivity index (χ1n) is 12.8. The van der Waals surface area contributed by atoms with Crippen LogP contribution >= 0.6 is 28.1 Å². The normalized spacial score (nSPS) is 28.6. The third-order valence-electron chi connectivity index (χ3n) is 6.93. The van der Waals surface area contributed by atoms with Gasteiger partial charge in [0.1, 0.15) is 0 Å². The molecule has 12 N–H and O–H groups in total. The molecule has 22 nitrogen and oxygen atoms in total. The maximum absolute atomic E-state index is 12.3. The molecule has 25 heteroatoms. The van der Waals surface area contributed by atoms with Gasteiger partial charge in [0, 0.05) is 0 Å². The van der Waals surface area contributed by atoms with Crippen LogP contribution in [0, 0.1) is 0 Å². The SMILES string of the molecule is Nc1nc2c(ncn2C2=C3O[PH](O)(O)OCc4oc(N5CN[C@H]6C(=O)NCNC65)c(O)c4O[PH](O)(O)O/C=C(/S2)[C@H]3O)c(=O)[nH]1. The van der Waals surface area contributed by atoms with Crippen LogP contribution in [0.15, 0.2) is 32.5 Å². The van der Waals surface area contributed by atoms with Crippen LogP contribution in [0.4, 0.5) is 11.8 Å². The van der Waals surface area contributed by atoms with Gasteiger partial charge in [0.25, 0.3) is 0 Å². The second-order valence-corrected chi connectivity index (χ2v) is 14.0. The standard InChI is InChI=1S/C20H25N9O13P2S/c21-20-26-15-9(17(33)27-20)25-5-29(15)19-13-10(30)7(45-19)2-39-44(36,37)41-12-6(1-38-43(34,35)42-13)40-18(11(12)31)28-4-24-8-14(28)22-3-23-16(8)32/h2,5,8,10,14,22,24,30-31,34-37,43-44H,1,3-4H2,(H,23,32)(H3,21,26,27,33)/b7-2+/t8-,10-,14?/m1/s1. The number of nitrogens with two attached hydrogens (primary N) is 1. The number of nitrogens with zero attached hydrogens (tertiary/aromatic N) is 4. The molecule has 4 aliphatic rings. The zero-order chi connectivity index (χ0) is 31.8. The Kier molecular flexibility index (Phi) is 7.11. The van der Waals surface area contributed by atoms with Crippen LogP contribution in [0.5, 0.6) is 11.5 Å². The van der Waals surface area contributed by atoms with E-state index >= 15 is 0 Å². The fourth-order valence-electron chi connectivity index (χ4n) is 4.96. The molecule has 1 amide bonds. The van der Waals surface area contributed by atoms with Crippen LogP contribution in [0.25, 0.3) is 16.2 Å². The Hall–Kier alpha value is -3.73. The van der Waals surface area contributed by atoms with Gasteiger partial charge in [-0.1, -0.05) is 0 Å². The van der Waals surface area contributed by atoms with Gasteiger partial charge in [-0.25, -0.2) is 0 Å². The van der Waals surface area contributed by atoms with Gasteiger partial charge in [-0.2, -0.15) is 0 Å². The van der Waals surface area contributed by atoms with E-state index in [0.29, 0.717) is 11.8 Å². The quantitative estimate of drug-likeness (QED) is 0.121. The second-order valence-electron chi connectivity index (χ2n) is 9.82. The van der Waals surface area contributed by atoms with Gasteiger partial charge in [0.2, 0.25) is 0 Å². The number of nitrogen functional groups attached to an aromatic ring is 1. The van der Waals surface area contributed by atoms with Crippen molar-refractivity contribution in [3.63, 3.8) is 0 Å². The molecule has 7 rings (SSSR count). The number of carbonyl (C=O) groups excluding carboxylic acids is 1. The Morgan fingerprint density at radius 2 is 1.93 bits per heavy atom. The van der Waals surface area contributed by atoms with E-state index in [1.807, 2.05) is 0 Å². The number of carbonyl (C=O) groups is 1. The average Bonchev–Trinajstić information content (AvgIpc) is 3.72. The fraction of sp³-hybridized carbons (Fsp3) is 0.300. The number of aromatic nitrogens is 4. The molecule has 2 saturated heterocycles. The number of rotatable bonds is 2. The summed E-state index contributed by atoms with van der Waals surface area (Å²) in [6.45, 7) is -0.756. The first-order chi connectivity index (χ1) is 21.3. The van der Waals surface area contributed by atoms with E-state index in [-0.39, 0.29) is 52.2 Å². The number of nitrogens with one attached hydrogen (secondary N) is 4. The summed E-state index contributed by atoms with van der Waals surface area (Å²) in [5, 5.41) is 30.6. The van der Waals surface area contributed by atoms with E-state index in [4.69, 9.17) is 28.2 Å². The van der Waals surface area contributed by atoms with Crippen molar-refractivity contribution in [2.24, 2.45) is 0 Å². The summed E-state index contributed by atoms with van der Waals surface area (Å²) in [6, 6.07) is -0.730. The molecule has 2 bridgehead atoms. The number of amides is 1. The Morgan fingerprint density at radius 3 is 2.73 bits per heavy atom. The van der Waals surface area contributed by atoms with Crippen LogP contribution < -0.4 is 36.7 Å². The molecule has 0 radical (unpaired) electrons. The minimum absolute atomic E-state index is 0.00311. The molecule has 3 aromatic heterocycles. The van der Waals surface area contributed by atoms with Gasteiger partial charge < -0.3 is 0 Å². The van der Waals surface area contributed by atoms with Gasteiger partial charge in [-0.05, 0) is 0 Å². The third-order valence-corrected chi connectivity index (χ3v) is 9.97. The Bertz CT molecular complexity index is 1840. The Balaban J connectivity index is 1.27. The van der Waals surface area contributed by atoms with Crippen LogP contribution in [-0.4, -0.2) is 86.9 Å². The third kappa shape index (κ3) is 5.22. The molecule has 0 spiro atoms. The first kappa shape index (κ1) is 30.0. The van der Waals surface area contributed by atoms with Crippen molar-refractivity contribution in [2.75, 3.05) is 24.0 Å². The van der Waals surface area contributed by atoms with Crippen molar-refractivity contribution in [1.29, 1.82) is 0 Å². The van der Waals surface area contributed by atoms with Crippen molar-refractivity contribution in [3.05, 3.63) is 39.4 Å². The number of H-pyrrole nitrogens is 1. The summed E-state index contributed by atoms with van der Waals surface area (Å²) in [5.41, 5.74) is 4.78. The summed E-state index contributed by atoms with van der Waals surface area (Å²) < 4.78 is 27.9. The monoisotopic (exact) mass is 693 g/mol. The van der Waals surface area contributed by atoms with E-state index in [2.05, 4.69) is 30.9 Å². The van der Waals surface area contributed by atoms with Crippen molar-refractivity contribution >= 4 is 62.0 Å². The van der Waals surface area contributed by atoms with Crippen LogP contribution in [0.2, 0.25) is 0 Å². The van der Waals surface area contributed by atoms with Crippen molar-refractivity contribution in [1.82, 2.24) is 35.5 Å². The molecule has 0 aliphatic carbocycles. The number of furan rings is 1. The number of imidazole rings is 1. The number of aromatic hydroxyl groups is 1. The minimum atomic E-state index is -5.25. The van der Waals surface area contributed by atoms with E-state index in [1.54, 1.807) is 0 Å². The maximum atomic E-state index is 12.3. The van der Waals surface area contributed by atoms with Gasteiger partial charge in [-0.3, -0.25) is 0 Å². The number of thioether (sulfide) groups is 1. The molecule has 1 unspecified atom stereocenters. The van der Waals surface area contributed by atoms with E-state index in [0.717, 1.165) is 12.6 Å². The van der Waals surface area contributed by atoms with Gasteiger partial charge >= 0.3 is 254 Å². The van der Waals surface area contributed by atoms with Crippen LogP contribution in [0.1, 0.15) is 5.76 Å².